The summed E-state index contributed by atoms with van der Waals surface area (Å²) in [5.74, 6) is -0.253. The van der Waals surface area contributed by atoms with E-state index in [0.29, 0.717) is 13.1 Å². The number of ether oxygens (including phenoxy) is 2. The Morgan fingerprint density at radius 3 is 2.20 bits per heavy atom. The van der Waals surface area contributed by atoms with E-state index in [4.69, 9.17) is 9.47 Å². The number of unbranched alkanes of at least 4 members (excludes halogenated alkanes) is 11. The van der Waals surface area contributed by atoms with Gasteiger partial charge in [-0.25, -0.2) is 4.68 Å². The number of amides is 1. The van der Waals surface area contributed by atoms with Gasteiger partial charge in [0.05, 0.1) is 25.5 Å². The number of carbonyl (C=O) groups is 1. The third-order valence-electron chi connectivity index (χ3n) is 6.50. The van der Waals surface area contributed by atoms with Gasteiger partial charge in [0.15, 0.2) is 12.0 Å². The summed E-state index contributed by atoms with van der Waals surface area (Å²) in [7, 11) is 0. The number of hydrogen-bond acceptors (Lipinski definition) is 8. The molecule has 10 nitrogen and oxygen atoms in total. The highest BCUT2D eigenvalue weighted by Crippen LogP contribution is 2.21. The fourth-order valence-corrected chi connectivity index (χ4v) is 4.18. The highest BCUT2D eigenvalue weighted by molar-refractivity contribution is 5.91. The van der Waals surface area contributed by atoms with Crippen molar-refractivity contribution in [1.82, 2.24) is 20.3 Å². The van der Waals surface area contributed by atoms with Crippen LogP contribution in [0.15, 0.2) is 6.20 Å². The maximum absolute atomic E-state index is 12.3. The van der Waals surface area contributed by atoms with Crippen LogP contribution >= 0.6 is 0 Å². The van der Waals surface area contributed by atoms with Crippen molar-refractivity contribution in [1.29, 1.82) is 0 Å². The molecule has 4 N–H and O–H groups in total. The Morgan fingerprint density at radius 1 is 0.971 bits per heavy atom. The minimum atomic E-state index is -1.35. The van der Waals surface area contributed by atoms with E-state index in [0.717, 1.165) is 12.8 Å². The van der Waals surface area contributed by atoms with Gasteiger partial charge in [-0.2, -0.15) is 0 Å². The molecule has 1 fully saturated rings. The van der Waals surface area contributed by atoms with Gasteiger partial charge in [0, 0.05) is 6.54 Å². The fraction of sp³-hybridized carbons (Fsp3) is 0.880. The minimum Gasteiger partial charge on any atom is -0.388 e. The molecule has 1 aromatic heterocycles. The van der Waals surface area contributed by atoms with Gasteiger partial charge in [-0.1, -0.05) is 82.8 Å². The smallest absolute Gasteiger partial charge is 0.273 e. The van der Waals surface area contributed by atoms with Crippen molar-refractivity contribution in [2.75, 3.05) is 13.2 Å². The zero-order valence-corrected chi connectivity index (χ0v) is 21.5. The molecule has 5 atom stereocenters. The van der Waals surface area contributed by atoms with Crippen molar-refractivity contribution in [3.8, 4) is 0 Å². The van der Waals surface area contributed by atoms with Crippen LogP contribution < -0.4 is 5.32 Å². The predicted octanol–water partition coefficient (Wildman–Crippen LogP) is 2.55. The molecule has 0 spiro atoms. The number of aliphatic hydroxyl groups excluding tert-OH is 3. The molecule has 0 saturated carbocycles. The normalized spacial score (nSPS) is 24.5. The van der Waals surface area contributed by atoms with Crippen LogP contribution in [0, 0.1) is 0 Å². The molecule has 0 aliphatic carbocycles. The molecular formula is C25H46N4O6. The van der Waals surface area contributed by atoms with Crippen LogP contribution in [0.25, 0.3) is 0 Å². The molecular weight excluding hydrogens is 452 g/mol. The minimum absolute atomic E-state index is 0.126. The number of aliphatic hydroxyl groups is 3. The van der Waals surface area contributed by atoms with E-state index in [1.807, 2.05) is 0 Å². The molecule has 1 saturated heterocycles. The Balaban J connectivity index is 1.50. The van der Waals surface area contributed by atoms with Crippen molar-refractivity contribution >= 4 is 5.91 Å². The molecule has 2 heterocycles. The first-order chi connectivity index (χ1) is 16.9. The first kappa shape index (κ1) is 29.6. The van der Waals surface area contributed by atoms with Crippen molar-refractivity contribution in [3.05, 3.63) is 11.9 Å². The molecule has 1 aliphatic rings. The van der Waals surface area contributed by atoms with Crippen LogP contribution in [0.5, 0.6) is 0 Å². The highest BCUT2D eigenvalue weighted by Gasteiger charge is 2.42. The van der Waals surface area contributed by atoms with Gasteiger partial charge >= 0.3 is 0 Å². The van der Waals surface area contributed by atoms with E-state index in [1.54, 1.807) is 13.1 Å². The van der Waals surface area contributed by atoms with Crippen LogP contribution in [-0.4, -0.2) is 80.1 Å². The molecule has 0 bridgehead atoms. The SMILES string of the molecule is CCCCCCCCCCCCCCNC(=O)c1cn(CCOC2O[C@@H](C)[C@@H](O)[C@@H](O)[C@@H]2O)nn1. The van der Waals surface area contributed by atoms with Gasteiger partial charge in [0.2, 0.25) is 0 Å². The van der Waals surface area contributed by atoms with Crippen LogP contribution in [0.4, 0.5) is 0 Å². The van der Waals surface area contributed by atoms with Crippen LogP contribution in [0.3, 0.4) is 0 Å². The third-order valence-corrected chi connectivity index (χ3v) is 6.50. The van der Waals surface area contributed by atoms with Crippen LogP contribution in [0.2, 0.25) is 0 Å². The number of rotatable bonds is 18. The van der Waals surface area contributed by atoms with Crippen molar-refractivity contribution in [2.45, 2.75) is 128 Å². The lowest BCUT2D eigenvalue weighted by Crippen LogP contribution is -2.57. The fourth-order valence-electron chi connectivity index (χ4n) is 4.18. The Labute approximate surface area is 209 Å². The van der Waals surface area contributed by atoms with Crippen molar-refractivity contribution < 1.29 is 29.6 Å². The first-order valence-electron chi connectivity index (χ1n) is 13.4. The molecule has 1 amide bonds. The summed E-state index contributed by atoms with van der Waals surface area (Å²) in [5.41, 5.74) is 0.241. The Bertz CT molecular complexity index is 703. The number of nitrogens with zero attached hydrogens (tertiary/aromatic N) is 3. The predicted molar refractivity (Wildman–Crippen MR) is 132 cm³/mol. The Kier molecular flexibility index (Phi) is 14.4. The quantitative estimate of drug-likeness (QED) is 0.227. The molecule has 1 unspecified atom stereocenters. The average Bonchev–Trinajstić information content (AvgIpc) is 3.33. The summed E-state index contributed by atoms with van der Waals surface area (Å²) >= 11 is 0. The van der Waals surface area contributed by atoms with Gasteiger partial charge in [-0.15, -0.1) is 5.10 Å². The lowest BCUT2D eigenvalue weighted by molar-refractivity contribution is -0.293. The second-order valence-electron chi connectivity index (χ2n) is 9.56. The van der Waals surface area contributed by atoms with Gasteiger partial charge in [0.25, 0.3) is 5.91 Å². The third kappa shape index (κ3) is 10.9. The average molecular weight is 499 g/mol. The molecule has 1 aliphatic heterocycles. The topological polar surface area (TPSA) is 139 Å². The standard InChI is InChI=1S/C25H46N4O6/c1-3-4-5-6-7-8-9-10-11-12-13-14-15-26-24(33)20-18-29(28-27-20)16-17-34-25-23(32)22(31)21(30)19(2)35-25/h18-19,21-23,25,30-32H,3-17H2,1-2H3,(H,26,33)/t19-,21+,22+,23-,25?/m0/s1. The molecule has 35 heavy (non-hydrogen) atoms. The number of aromatic nitrogens is 3. The maximum Gasteiger partial charge on any atom is 0.273 e. The lowest BCUT2D eigenvalue weighted by atomic mass is 10.0. The Morgan fingerprint density at radius 2 is 1.57 bits per heavy atom. The van der Waals surface area contributed by atoms with Crippen LogP contribution in [-0.2, 0) is 16.0 Å². The van der Waals surface area contributed by atoms with Gasteiger partial charge < -0.3 is 30.1 Å². The summed E-state index contributed by atoms with van der Waals surface area (Å²) in [6, 6.07) is 0. The molecule has 0 aromatic carbocycles. The molecule has 10 heteroatoms. The van der Waals surface area contributed by atoms with Crippen LogP contribution in [0.1, 0.15) is 101 Å². The van der Waals surface area contributed by atoms with E-state index in [1.165, 1.54) is 68.9 Å². The zero-order valence-electron chi connectivity index (χ0n) is 21.5. The van der Waals surface area contributed by atoms with E-state index in [2.05, 4.69) is 22.6 Å². The van der Waals surface area contributed by atoms with E-state index >= 15 is 0 Å². The van der Waals surface area contributed by atoms with Gasteiger partial charge in [-0.05, 0) is 13.3 Å². The zero-order chi connectivity index (χ0) is 25.5. The summed E-state index contributed by atoms with van der Waals surface area (Å²) in [6.07, 6.45) is 11.3. The summed E-state index contributed by atoms with van der Waals surface area (Å²) in [4.78, 5) is 12.3. The van der Waals surface area contributed by atoms with E-state index in [-0.39, 0.29) is 18.2 Å². The van der Waals surface area contributed by atoms with Gasteiger partial charge in [-0.3, -0.25) is 4.79 Å². The summed E-state index contributed by atoms with van der Waals surface area (Å²) in [5, 5.41) is 40.2. The van der Waals surface area contributed by atoms with E-state index in [9.17, 15) is 20.1 Å². The molecule has 0 radical (unpaired) electrons. The molecule has 202 valence electrons. The lowest BCUT2D eigenvalue weighted by Gasteiger charge is -2.38. The highest BCUT2D eigenvalue weighted by atomic mass is 16.7. The maximum atomic E-state index is 12.3. The number of nitrogens with one attached hydrogen (secondary N) is 1. The largest absolute Gasteiger partial charge is 0.388 e. The van der Waals surface area contributed by atoms with E-state index < -0.39 is 30.7 Å². The van der Waals surface area contributed by atoms with Crippen molar-refractivity contribution in [2.24, 2.45) is 0 Å². The number of hydrogen-bond donors (Lipinski definition) is 4. The second kappa shape index (κ2) is 17.0. The summed E-state index contributed by atoms with van der Waals surface area (Å²) in [6.45, 7) is 4.88. The first-order valence-corrected chi connectivity index (χ1v) is 13.4. The van der Waals surface area contributed by atoms with Gasteiger partial charge in [0.1, 0.15) is 18.3 Å². The summed E-state index contributed by atoms with van der Waals surface area (Å²) < 4.78 is 12.3. The monoisotopic (exact) mass is 498 g/mol. The second-order valence-corrected chi connectivity index (χ2v) is 9.56. The van der Waals surface area contributed by atoms with Crippen molar-refractivity contribution in [3.63, 3.8) is 0 Å². The Hall–Kier alpha value is -1.59. The number of carbonyl (C=O) groups excluding carboxylic acids is 1. The molecule has 2 rings (SSSR count). The molecule has 1 aromatic rings.